The Hall–Kier alpha value is -0.800. The monoisotopic (exact) mass is 261 g/mol. The maximum absolute atomic E-state index is 13.8. The lowest BCUT2D eigenvalue weighted by Crippen LogP contribution is -2.13. The molecule has 0 heterocycles. The van der Waals surface area contributed by atoms with Crippen LogP contribution in [0.5, 0.6) is 5.75 Å². The minimum absolute atomic E-state index is 0. The zero-order valence-corrected chi connectivity index (χ0v) is 11.4. The van der Waals surface area contributed by atoms with Crippen molar-refractivity contribution in [3.05, 3.63) is 29.6 Å². The van der Waals surface area contributed by atoms with E-state index >= 15 is 0 Å². The fourth-order valence-corrected chi connectivity index (χ4v) is 1.64. The second kappa shape index (κ2) is 7.51. The van der Waals surface area contributed by atoms with Crippen LogP contribution in [0.1, 0.15) is 38.3 Å². The van der Waals surface area contributed by atoms with Gasteiger partial charge in [-0.25, -0.2) is 4.39 Å². The van der Waals surface area contributed by atoms with Crippen molar-refractivity contribution in [2.45, 2.75) is 32.7 Å². The molecular weight excluding hydrogens is 241 g/mol. The van der Waals surface area contributed by atoms with Gasteiger partial charge < -0.3 is 10.5 Å². The highest BCUT2D eigenvalue weighted by atomic mass is 35.5. The molecule has 0 aliphatic heterocycles. The van der Waals surface area contributed by atoms with Crippen LogP contribution in [0.2, 0.25) is 0 Å². The molecular formula is C13H21ClFNO. The molecule has 0 amide bonds. The van der Waals surface area contributed by atoms with E-state index in [1.165, 1.54) is 7.11 Å². The third kappa shape index (κ3) is 4.52. The van der Waals surface area contributed by atoms with Crippen molar-refractivity contribution in [2.75, 3.05) is 7.11 Å². The molecule has 1 atom stereocenters. The molecule has 0 fully saturated rings. The summed E-state index contributed by atoms with van der Waals surface area (Å²) in [4.78, 5) is 0. The van der Waals surface area contributed by atoms with Gasteiger partial charge in [-0.3, -0.25) is 0 Å². The number of rotatable bonds is 5. The van der Waals surface area contributed by atoms with Crippen molar-refractivity contribution < 1.29 is 9.13 Å². The SMILES string of the molecule is COc1cccc([C@@H](N)CCC(C)C)c1F.Cl. The summed E-state index contributed by atoms with van der Waals surface area (Å²) in [7, 11) is 1.46. The molecule has 2 N–H and O–H groups in total. The summed E-state index contributed by atoms with van der Waals surface area (Å²) in [6.45, 7) is 4.27. The molecule has 0 saturated heterocycles. The van der Waals surface area contributed by atoms with E-state index in [0.29, 0.717) is 11.5 Å². The Morgan fingerprint density at radius 1 is 1.29 bits per heavy atom. The zero-order chi connectivity index (χ0) is 12.1. The Labute approximate surface area is 109 Å². The van der Waals surface area contributed by atoms with Crippen LogP contribution in [0.4, 0.5) is 4.39 Å². The predicted octanol–water partition coefficient (Wildman–Crippen LogP) is 3.69. The second-order valence-corrected chi connectivity index (χ2v) is 4.44. The summed E-state index contributed by atoms with van der Waals surface area (Å²) >= 11 is 0. The minimum Gasteiger partial charge on any atom is -0.494 e. The van der Waals surface area contributed by atoms with Gasteiger partial charge in [0.1, 0.15) is 0 Å². The maximum Gasteiger partial charge on any atom is 0.169 e. The third-order valence-electron chi connectivity index (χ3n) is 2.67. The molecule has 17 heavy (non-hydrogen) atoms. The van der Waals surface area contributed by atoms with Gasteiger partial charge >= 0.3 is 0 Å². The number of halogens is 2. The van der Waals surface area contributed by atoms with Gasteiger partial charge in [-0.05, 0) is 24.8 Å². The number of benzene rings is 1. The predicted molar refractivity (Wildman–Crippen MR) is 71.2 cm³/mol. The molecule has 1 aromatic rings. The van der Waals surface area contributed by atoms with E-state index < -0.39 is 0 Å². The summed E-state index contributed by atoms with van der Waals surface area (Å²) in [5.41, 5.74) is 6.51. The zero-order valence-electron chi connectivity index (χ0n) is 10.6. The number of hydrogen-bond acceptors (Lipinski definition) is 2. The van der Waals surface area contributed by atoms with Gasteiger partial charge in [-0.2, -0.15) is 0 Å². The number of methoxy groups -OCH3 is 1. The highest BCUT2D eigenvalue weighted by Gasteiger charge is 2.15. The lowest BCUT2D eigenvalue weighted by atomic mass is 9.98. The van der Waals surface area contributed by atoms with Gasteiger partial charge in [0.15, 0.2) is 11.6 Å². The lowest BCUT2D eigenvalue weighted by Gasteiger charge is -2.15. The molecule has 0 radical (unpaired) electrons. The van der Waals surface area contributed by atoms with Crippen molar-refractivity contribution >= 4 is 12.4 Å². The fourth-order valence-electron chi connectivity index (χ4n) is 1.64. The molecule has 0 spiro atoms. The van der Waals surface area contributed by atoms with Crippen LogP contribution < -0.4 is 10.5 Å². The largest absolute Gasteiger partial charge is 0.494 e. The third-order valence-corrected chi connectivity index (χ3v) is 2.67. The first-order chi connectivity index (χ1) is 7.56. The Morgan fingerprint density at radius 2 is 1.94 bits per heavy atom. The van der Waals surface area contributed by atoms with Crippen molar-refractivity contribution in [1.29, 1.82) is 0 Å². The average molecular weight is 262 g/mol. The van der Waals surface area contributed by atoms with Gasteiger partial charge in [0.2, 0.25) is 0 Å². The lowest BCUT2D eigenvalue weighted by molar-refractivity contribution is 0.380. The molecule has 98 valence electrons. The summed E-state index contributed by atoms with van der Waals surface area (Å²) < 4.78 is 18.8. The van der Waals surface area contributed by atoms with Crippen LogP contribution in [-0.2, 0) is 0 Å². The quantitative estimate of drug-likeness (QED) is 0.877. The summed E-state index contributed by atoms with van der Waals surface area (Å²) in [5.74, 6) is 0.512. The molecule has 0 bridgehead atoms. The summed E-state index contributed by atoms with van der Waals surface area (Å²) in [6.07, 6.45) is 1.79. The fraction of sp³-hybridized carbons (Fsp3) is 0.538. The van der Waals surface area contributed by atoms with E-state index in [9.17, 15) is 4.39 Å². The van der Waals surface area contributed by atoms with E-state index in [1.807, 2.05) is 0 Å². The molecule has 0 aliphatic rings. The van der Waals surface area contributed by atoms with Crippen molar-refractivity contribution in [3.8, 4) is 5.75 Å². The van der Waals surface area contributed by atoms with Crippen molar-refractivity contribution in [2.24, 2.45) is 11.7 Å². The molecule has 0 aliphatic carbocycles. The Morgan fingerprint density at radius 3 is 2.47 bits per heavy atom. The van der Waals surface area contributed by atoms with E-state index in [-0.39, 0.29) is 30.0 Å². The van der Waals surface area contributed by atoms with E-state index in [4.69, 9.17) is 10.5 Å². The first-order valence-corrected chi connectivity index (χ1v) is 5.64. The van der Waals surface area contributed by atoms with Gasteiger partial charge in [-0.15, -0.1) is 12.4 Å². The number of hydrogen-bond donors (Lipinski definition) is 1. The second-order valence-electron chi connectivity index (χ2n) is 4.44. The molecule has 0 saturated carbocycles. The standard InChI is InChI=1S/C13H20FNO.ClH/c1-9(2)7-8-11(15)10-5-4-6-12(16-3)13(10)14;/h4-6,9,11H,7-8,15H2,1-3H3;1H/t11-;/m0./s1. The molecule has 0 aromatic heterocycles. The van der Waals surface area contributed by atoms with Gasteiger partial charge in [0, 0.05) is 11.6 Å². The average Bonchev–Trinajstić information content (AvgIpc) is 2.26. The van der Waals surface area contributed by atoms with Crippen LogP contribution in [0, 0.1) is 11.7 Å². The smallest absolute Gasteiger partial charge is 0.169 e. The number of ether oxygens (including phenoxy) is 1. The van der Waals surface area contributed by atoms with Gasteiger partial charge in [-0.1, -0.05) is 26.0 Å². The van der Waals surface area contributed by atoms with Crippen LogP contribution in [0.3, 0.4) is 0 Å². The van der Waals surface area contributed by atoms with Crippen molar-refractivity contribution in [3.63, 3.8) is 0 Å². The highest BCUT2D eigenvalue weighted by molar-refractivity contribution is 5.85. The van der Waals surface area contributed by atoms with Crippen LogP contribution in [0.15, 0.2) is 18.2 Å². The normalized spacial score (nSPS) is 12.1. The van der Waals surface area contributed by atoms with Gasteiger partial charge in [0.05, 0.1) is 7.11 Å². The van der Waals surface area contributed by atoms with Crippen molar-refractivity contribution in [1.82, 2.24) is 0 Å². The maximum atomic E-state index is 13.8. The first kappa shape index (κ1) is 16.2. The van der Waals surface area contributed by atoms with E-state index in [0.717, 1.165) is 12.8 Å². The van der Waals surface area contributed by atoms with Crippen LogP contribution in [0.25, 0.3) is 0 Å². The molecule has 1 aromatic carbocycles. The Balaban J connectivity index is 0.00000256. The van der Waals surface area contributed by atoms with E-state index in [1.54, 1.807) is 18.2 Å². The van der Waals surface area contributed by atoms with E-state index in [2.05, 4.69) is 13.8 Å². The summed E-state index contributed by atoms with van der Waals surface area (Å²) in [5, 5.41) is 0. The molecule has 1 rings (SSSR count). The van der Waals surface area contributed by atoms with Crippen LogP contribution >= 0.6 is 12.4 Å². The topological polar surface area (TPSA) is 35.2 Å². The number of nitrogens with two attached hydrogens (primary N) is 1. The molecule has 0 unspecified atom stereocenters. The highest BCUT2D eigenvalue weighted by Crippen LogP contribution is 2.26. The molecule has 4 heteroatoms. The summed E-state index contributed by atoms with van der Waals surface area (Å²) in [6, 6.07) is 4.85. The Bertz CT molecular complexity index is 344. The Kier molecular flexibility index (Phi) is 7.16. The van der Waals surface area contributed by atoms with Crippen LogP contribution in [-0.4, -0.2) is 7.11 Å². The first-order valence-electron chi connectivity index (χ1n) is 5.64. The minimum atomic E-state index is -0.332. The molecule has 2 nitrogen and oxygen atoms in total. The van der Waals surface area contributed by atoms with Gasteiger partial charge in [0.25, 0.3) is 0 Å².